The predicted molar refractivity (Wildman–Crippen MR) is 127 cm³/mol. The number of rotatable bonds is 9. The number of nitrogens with one attached hydrogen (secondary N) is 1. The van der Waals surface area contributed by atoms with Crippen LogP contribution in [0.1, 0.15) is 45.6 Å². The van der Waals surface area contributed by atoms with Gasteiger partial charge in [0.05, 0.1) is 12.4 Å². The largest absolute Gasteiger partial charge is 0.497 e. The van der Waals surface area contributed by atoms with Gasteiger partial charge in [0, 0.05) is 17.8 Å². The molecule has 0 saturated heterocycles. The highest BCUT2D eigenvalue weighted by molar-refractivity contribution is 8.00. The van der Waals surface area contributed by atoms with E-state index in [0.717, 1.165) is 40.0 Å². The third-order valence-electron chi connectivity index (χ3n) is 5.39. The van der Waals surface area contributed by atoms with Crippen LogP contribution in [0.15, 0.2) is 53.7 Å². The maximum Gasteiger partial charge on any atom is 0.237 e. The van der Waals surface area contributed by atoms with Crippen LogP contribution in [0.5, 0.6) is 5.75 Å². The van der Waals surface area contributed by atoms with Gasteiger partial charge in [0.15, 0.2) is 11.0 Å². The highest BCUT2D eigenvalue weighted by Crippen LogP contribution is 2.30. The van der Waals surface area contributed by atoms with E-state index in [1.807, 2.05) is 60.9 Å². The van der Waals surface area contributed by atoms with Gasteiger partial charge in [0.25, 0.3) is 0 Å². The summed E-state index contributed by atoms with van der Waals surface area (Å²) in [5, 5.41) is 12.3. The summed E-state index contributed by atoms with van der Waals surface area (Å²) in [6.07, 6.45) is 1.02. The summed E-state index contributed by atoms with van der Waals surface area (Å²) in [7, 11) is 1.64. The van der Waals surface area contributed by atoms with Gasteiger partial charge in [-0.15, -0.1) is 10.2 Å². The highest BCUT2D eigenvalue weighted by atomic mass is 32.2. The van der Waals surface area contributed by atoms with Gasteiger partial charge in [0.1, 0.15) is 5.75 Å². The lowest BCUT2D eigenvalue weighted by Crippen LogP contribution is -2.23. The Kier molecular flexibility index (Phi) is 7.74. The van der Waals surface area contributed by atoms with Crippen LogP contribution in [0, 0.1) is 0 Å². The van der Waals surface area contributed by atoms with Gasteiger partial charge in [-0.1, -0.05) is 43.8 Å². The second-order valence-electron chi connectivity index (χ2n) is 7.42. The van der Waals surface area contributed by atoms with Crippen LogP contribution in [-0.2, 0) is 11.3 Å². The van der Waals surface area contributed by atoms with Crippen molar-refractivity contribution in [2.24, 2.45) is 0 Å². The Balaban J connectivity index is 1.75. The van der Waals surface area contributed by atoms with E-state index < -0.39 is 0 Å². The molecule has 0 aliphatic rings. The molecule has 3 rings (SSSR count). The SMILES string of the molecule is CCC(C)c1ccccc1NC(=O)C(C)Sc1nnc(-c2ccc(OC)cc2)n1CC. The molecular formula is C24H30N4O2S. The number of hydrogen-bond donors (Lipinski definition) is 1. The summed E-state index contributed by atoms with van der Waals surface area (Å²) in [5.41, 5.74) is 3.00. The first-order valence-corrected chi connectivity index (χ1v) is 11.5. The zero-order valence-electron chi connectivity index (χ0n) is 18.8. The molecule has 0 saturated carbocycles. The standard InChI is InChI=1S/C24H30N4O2S/c1-6-16(3)20-10-8-9-11-21(20)25-23(29)17(4)31-24-27-26-22(28(24)7-2)18-12-14-19(30-5)15-13-18/h8-17H,6-7H2,1-5H3,(H,25,29). The van der Waals surface area contributed by atoms with Crippen molar-refractivity contribution in [2.75, 3.05) is 12.4 Å². The lowest BCUT2D eigenvalue weighted by molar-refractivity contribution is -0.115. The molecule has 2 atom stereocenters. The number of benzene rings is 2. The molecule has 31 heavy (non-hydrogen) atoms. The van der Waals surface area contributed by atoms with Crippen LogP contribution in [-0.4, -0.2) is 33.0 Å². The minimum absolute atomic E-state index is 0.0441. The Morgan fingerprint density at radius 1 is 1.10 bits per heavy atom. The van der Waals surface area contributed by atoms with Crippen molar-refractivity contribution < 1.29 is 9.53 Å². The molecule has 0 aliphatic heterocycles. The van der Waals surface area contributed by atoms with E-state index in [9.17, 15) is 4.79 Å². The van der Waals surface area contributed by atoms with E-state index in [2.05, 4.69) is 35.4 Å². The first kappa shape index (κ1) is 22.9. The minimum Gasteiger partial charge on any atom is -0.497 e. The minimum atomic E-state index is -0.316. The molecule has 2 aromatic carbocycles. The lowest BCUT2D eigenvalue weighted by atomic mass is 9.97. The second-order valence-corrected chi connectivity index (χ2v) is 8.73. The summed E-state index contributed by atoms with van der Waals surface area (Å²) in [6.45, 7) is 8.98. The molecule has 6 nitrogen and oxygen atoms in total. The quantitative estimate of drug-likeness (QED) is 0.440. The third-order valence-corrected chi connectivity index (χ3v) is 6.48. The van der Waals surface area contributed by atoms with Crippen LogP contribution in [0.4, 0.5) is 5.69 Å². The monoisotopic (exact) mass is 438 g/mol. The molecule has 1 aromatic heterocycles. The summed E-state index contributed by atoms with van der Waals surface area (Å²) in [4.78, 5) is 12.9. The number of methoxy groups -OCH3 is 1. The Morgan fingerprint density at radius 2 is 1.81 bits per heavy atom. The second kappa shape index (κ2) is 10.5. The molecule has 1 heterocycles. The smallest absolute Gasteiger partial charge is 0.237 e. The number of anilines is 1. The van der Waals surface area contributed by atoms with Crippen LogP contribution in [0.25, 0.3) is 11.4 Å². The van der Waals surface area contributed by atoms with Crippen LogP contribution < -0.4 is 10.1 Å². The van der Waals surface area contributed by atoms with Crippen LogP contribution in [0.3, 0.4) is 0 Å². The molecule has 0 fully saturated rings. The molecule has 1 N–H and O–H groups in total. The van der Waals surface area contributed by atoms with Crippen LogP contribution >= 0.6 is 11.8 Å². The Labute approximate surface area is 188 Å². The van der Waals surface area contributed by atoms with Crippen LogP contribution in [0.2, 0.25) is 0 Å². The molecule has 0 radical (unpaired) electrons. The maximum absolute atomic E-state index is 12.9. The van der Waals surface area contributed by atoms with Gasteiger partial charge in [-0.2, -0.15) is 0 Å². The van der Waals surface area contributed by atoms with Gasteiger partial charge in [-0.05, 0) is 62.1 Å². The van der Waals surface area contributed by atoms with Crippen molar-refractivity contribution in [1.29, 1.82) is 0 Å². The average molecular weight is 439 g/mol. The molecule has 164 valence electrons. The van der Waals surface area contributed by atoms with E-state index in [1.54, 1.807) is 7.11 Å². The molecule has 7 heteroatoms. The van der Waals surface area contributed by atoms with E-state index >= 15 is 0 Å². The van der Waals surface area contributed by atoms with Gasteiger partial charge < -0.3 is 14.6 Å². The fourth-order valence-electron chi connectivity index (χ4n) is 3.32. The number of nitrogens with zero attached hydrogens (tertiary/aromatic N) is 3. The number of para-hydroxylation sites is 1. The van der Waals surface area contributed by atoms with E-state index in [0.29, 0.717) is 12.5 Å². The number of amides is 1. The van der Waals surface area contributed by atoms with Crippen molar-refractivity contribution in [3.63, 3.8) is 0 Å². The molecule has 1 amide bonds. The van der Waals surface area contributed by atoms with E-state index in [1.165, 1.54) is 11.8 Å². The summed E-state index contributed by atoms with van der Waals surface area (Å²) in [5.74, 6) is 1.92. The number of aromatic nitrogens is 3. The number of carbonyl (C=O) groups is 1. The number of thioether (sulfide) groups is 1. The molecule has 2 unspecified atom stereocenters. The van der Waals surface area contributed by atoms with Gasteiger partial charge in [0.2, 0.25) is 5.91 Å². The predicted octanol–water partition coefficient (Wildman–Crippen LogP) is 5.61. The Bertz CT molecular complexity index is 1020. The fourth-order valence-corrected chi connectivity index (χ4v) is 4.23. The number of hydrogen-bond acceptors (Lipinski definition) is 5. The molecule has 3 aromatic rings. The third kappa shape index (κ3) is 5.28. The molecule has 0 aliphatic carbocycles. The van der Waals surface area contributed by atoms with Crippen molar-refractivity contribution in [1.82, 2.24) is 14.8 Å². The molecule has 0 bridgehead atoms. The highest BCUT2D eigenvalue weighted by Gasteiger charge is 2.21. The lowest BCUT2D eigenvalue weighted by Gasteiger charge is -2.17. The zero-order valence-corrected chi connectivity index (χ0v) is 19.6. The Morgan fingerprint density at radius 3 is 2.45 bits per heavy atom. The topological polar surface area (TPSA) is 69.0 Å². The van der Waals surface area contributed by atoms with Gasteiger partial charge in [-0.25, -0.2) is 0 Å². The van der Waals surface area contributed by atoms with Gasteiger partial charge >= 0.3 is 0 Å². The first-order valence-electron chi connectivity index (χ1n) is 10.6. The summed E-state index contributed by atoms with van der Waals surface area (Å²) < 4.78 is 7.26. The number of ether oxygens (including phenoxy) is 1. The normalized spacial score (nSPS) is 12.9. The molecular weight excluding hydrogens is 408 g/mol. The van der Waals surface area contributed by atoms with E-state index in [-0.39, 0.29) is 11.2 Å². The summed E-state index contributed by atoms with van der Waals surface area (Å²) in [6, 6.07) is 15.7. The average Bonchev–Trinajstić information content (AvgIpc) is 3.21. The first-order chi connectivity index (χ1) is 15.0. The Hall–Kier alpha value is -2.80. The van der Waals surface area contributed by atoms with E-state index in [4.69, 9.17) is 4.74 Å². The van der Waals surface area contributed by atoms with Crippen molar-refractivity contribution >= 4 is 23.4 Å². The summed E-state index contributed by atoms with van der Waals surface area (Å²) >= 11 is 1.42. The van der Waals surface area contributed by atoms with Crippen molar-refractivity contribution in [3.05, 3.63) is 54.1 Å². The fraction of sp³-hybridized carbons (Fsp3) is 0.375. The molecule has 0 spiro atoms. The van der Waals surface area contributed by atoms with Gasteiger partial charge in [-0.3, -0.25) is 4.79 Å². The maximum atomic E-state index is 12.9. The number of carbonyl (C=O) groups excluding carboxylic acids is 1. The van der Waals surface area contributed by atoms with Crippen molar-refractivity contribution in [3.8, 4) is 17.1 Å². The zero-order chi connectivity index (χ0) is 22.4. The van der Waals surface area contributed by atoms with Crippen molar-refractivity contribution in [2.45, 2.75) is 57.0 Å².